The summed E-state index contributed by atoms with van der Waals surface area (Å²) in [4.78, 5) is 20.3. The highest BCUT2D eigenvalue weighted by atomic mass is 16.1. The summed E-state index contributed by atoms with van der Waals surface area (Å²) in [7, 11) is 0. The van der Waals surface area contributed by atoms with Crippen LogP contribution in [0.4, 0.5) is 0 Å². The standard InChI is InChI=1S/C21H23N3O/c1-15(2)14-19(21-23-17-10-6-7-11-18(17)24-21)22-20(25)13-12-16-8-4-3-5-9-16/h3-13,15,19H,14H2,1-2H3,(H,22,25)(H,23,24)/b13-12+/t19-/m0/s1. The molecule has 25 heavy (non-hydrogen) atoms. The first-order valence-electron chi connectivity index (χ1n) is 8.60. The van der Waals surface area contributed by atoms with Crippen LogP contribution in [0.15, 0.2) is 60.7 Å². The molecule has 1 heterocycles. The minimum atomic E-state index is -0.139. The van der Waals surface area contributed by atoms with Gasteiger partial charge in [-0.05, 0) is 36.1 Å². The zero-order valence-electron chi connectivity index (χ0n) is 14.6. The van der Waals surface area contributed by atoms with Crippen LogP contribution >= 0.6 is 0 Å². The fourth-order valence-corrected chi connectivity index (χ4v) is 2.80. The maximum atomic E-state index is 12.4. The molecule has 128 valence electrons. The molecule has 0 unspecified atom stereocenters. The summed E-state index contributed by atoms with van der Waals surface area (Å²) in [5, 5.41) is 3.08. The second kappa shape index (κ2) is 7.79. The monoisotopic (exact) mass is 333 g/mol. The molecule has 0 bridgehead atoms. The van der Waals surface area contributed by atoms with Gasteiger partial charge < -0.3 is 10.3 Å². The lowest BCUT2D eigenvalue weighted by Crippen LogP contribution is -2.28. The lowest BCUT2D eigenvalue weighted by atomic mass is 10.0. The number of H-pyrrole nitrogens is 1. The third-order valence-electron chi connectivity index (χ3n) is 3.99. The van der Waals surface area contributed by atoms with Crippen molar-refractivity contribution < 1.29 is 4.79 Å². The third-order valence-corrected chi connectivity index (χ3v) is 3.99. The van der Waals surface area contributed by atoms with Gasteiger partial charge in [0.25, 0.3) is 0 Å². The number of hydrogen-bond acceptors (Lipinski definition) is 2. The molecule has 0 fully saturated rings. The molecule has 0 saturated heterocycles. The van der Waals surface area contributed by atoms with Crippen molar-refractivity contribution in [2.24, 2.45) is 5.92 Å². The Labute approximate surface area is 148 Å². The molecule has 3 aromatic rings. The first-order chi connectivity index (χ1) is 12.1. The third kappa shape index (κ3) is 4.57. The molecule has 0 saturated carbocycles. The van der Waals surface area contributed by atoms with E-state index in [4.69, 9.17) is 0 Å². The van der Waals surface area contributed by atoms with E-state index in [1.54, 1.807) is 6.08 Å². The fourth-order valence-electron chi connectivity index (χ4n) is 2.80. The van der Waals surface area contributed by atoms with Gasteiger partial charge in [0, 0.05) is 6.08 Å². The van der Waals surface area contributed by atoms with E-state index >= 15 is 0 Å². The van der Waals surface area contributed by atoms with Crippen molar-refractivity contribution in [3.8, 4) is 0 Å². The van der Waals surface area contributed by atoms with Crippen LogP contribution in [0.3, 0.4) is 0 Å². The maximum Gasteiger partial charge on any atom is 0.244 e. The van der Waals surface area contributed by atoms with Crippen LogP contribution in [0.1, 0.15) is 37.7 Å². The number of amides is 1. The lowest BCUT2D eigenvalue weighted by Gasteiger charge is -2.17. The van der Waals surface area contributed by atoms with Crippen LogP contribution in [0.25, 0.3) is 17.1 Å². The van der Waals surface area contributed by atoms with Crippen LogP contribution in [-0.2, 0) is 4.79 Å². The highest BCUT2D eigenvalue weighted by molar-refractivity contribution is 5.92. The van der Waals surface area contributed by atoms with E-state index in [1.807, 2.05) is 60.7 Å². The van der Waals surface area contributed by atoms with E-state index in [0.717, 1.165) is 28.8 Å². The van der Waals surface area contributed by atoms with Crippen LogP contribution < -0.4 is 5.32 Å². The summed E-state index contributed by atoms with van der Waals surface area (Å²) in [6.07, 6.45) is 4.22. The predicted octanol–water partition coefficient (Wildman–Crippen LogP) is 4.48. The van der Waals surface area contributed by atoms with Gasteiger partial charge in [0.05, 0.1) is 17.1 Å². The molecule has 0 aliphatic heterocycles. The number of hydrogen-bond donors (Lipinski definition) is 2. The summed E-state index contributed by atoms with van der Waals surface area (Å²) >= 11 is 0. The number of fused-ring (bicyclic) bond motifs is 1. The number of para-hydroxylation sites is 2. The molecule has 4 heteroatoms. The van der Waals surface area contributed by atoms with Crippen molar-refractivity contribution in [3.63, 3.8) is 0 Å². The normalized spacial score (nSPS) is 12.8. The minimum Gasteiger partial charge on any atom is -0.343 e. The van der Waals surface area contributed by atoms with Crippen LogP contribution in [0, 0.1) is 5.92 Å². The molecule has 2 aromatic carbocycles. The number of nitrogens with one attached hydrogen (secondary N) is 2. The van der Waals surface area contributed by atoms with Gasteiger partial charge in [-0.1, -0.05) is 56.3 Å². The van der Waals surface area contributed by atoms with Gasteiger partial charge >= 0.3 is 0 Å². The SMILES string of the molecule is CC(C)C[C@H](NC(=O)/C=C/c1ccccc1)c1nc2ccccc2[nH]1. The quantitative estimate of drug-likeness (QED) is 0.653. The second-order valence-corrected chi connectivity index (χ2v) is 6.57. The summed E-state index contributed by atoms with van der Waals surface area (Å²) in [5.41, 5.74) is 2.91. The molecule has 0 spiro atoms. The molecule has 0 aliphatic carbocycles. The lowest BCUT2D eigenvalue weighted by molar-refractivity contribution is -0.117. The van der Waals surface area contributed by atoms with E-state index in [2.05, 4.69) is 29.1 Å². The van der Waals surface area contributed by atoms with Gasteiger partial charge in [-0.25, -0.2) is 4.98 Å². The zero-order valence-corrected chi connectivity index (χ0v) is 14.6. The number of carbonyl (C=O) groups is 1. The summed E-state index contributed by atoms with van der Waals surface area (Å²) in [6.45, 7) is 4.28. The number of aromatic amines is 1. The fraction of sp³-hybridized carbons (Fsp3) is 0.238. The van der Waals surface area contributed by atoms with Crippen LogP contribution in [0.5, 0.6) is 0 Å². The van der Waals surface area contributed by atoms with Gasteiger partial charge in [-0.2, -0.15) is 0 Å². The Morgan fingerprint density at radius 3 is 2.56 bits per heavy atom. The van der Waals surface area contributed by atoms with Crippen molar-refractivity contribution in [1.82, 2.24) is 15.3 Å². The first-order valence-corrected chi connectivity index (χ1v) is 8.60. The van der Waals surface area contributed by atoms with E-state index in [1.165, 1.54) is 0 Å². The molecule has 2 N–H and O–H groups in total. The van der Waals surface area contributed by atoms with Crippen molar-refractivity contribution in [2.45, 2.75) is 26.3 Å². The maximum absolute atomic E-state index is 12.4. The van der Waals surface area contributed by atoms with Gasteiger partial charge in [-0.15, -0.1) is 0 Å². The smallest absolute Gasteiger partial charge is 0.244 e. The molecular weight excluding hydrogens is 310 g/mol. The van der Waals surface area contributed by atoms with Crippen LogP contribution in [-0.4, -0.2) is 15.9 Å². The number of carbonyl (C=O) groups excluding carboxylic acids is 1. The molecular formula is C21H23N3O. The van der Waals surface area contributed by atoms with E-state index in [9.17, 15) is 4.79 Å². The molecule has 1 aromatic heterocycles. The number of benzene rings is 2. The molecule has 3 rings (SSSR count). The molecule has 0 radical (unpaired) electrons. The summed E-state index contributed by atoms with van der Waals surface area (Å²) in [6, 6.07) is 17.6. The van der Waals surface area contributed by atoms with Gasteiger partial charge in [0.2, 0.25) is 5.91 Å². The highest BCUT2D eigenvalue weighted by Gasteiger charge is 2.18. The molecule has 0 aliphatic rings. The van der Waals surface area contributed by atoms with Crippen molar-refractivity contribution in [3.05, 3.63) is 72.1 Å². The summed E-state index contributed by atoms with van der Waals surface area (Å²) in [5.74, 6) is 1.13. The molecule has 1 atom stereocenters. The number of aromatic nitrogens is 2. The van der Waals surface area contributed by atoms with Gasteiger partial charge in [0.1, 0.15) is 5.82 Å². The Morgan fingerprint density at radius 1 is 1.12 bits per heavy atom. The van der Waals surface area contributed by atoms with Crippen molar-refractivity contribution in [2.75, 3.05) is 0 Å². The number of rotatable bonds is 6. The zero-order chi connectivity index (χ0) is 17.6. The van der Waals surface area contributed by atoms with E-state index < -0.39 is 0 Å². The molecule has 1 amide bonds. The Hall–Kier alpha value is -2.88. The average Bonchev–Trinajstić information content (AvgIpc) is 3.04. The Bertz CT molecular complexity index is 832. The highest BCUT2D eigenvalue weighted by Crippen LogP contribution is 2.22. The number of imidazole rings is 1. The average molecular weight is 333 g/mol. The van der Waals surface area contributed by atoms with Gasteiger partial charge in [0.15, 0.2) is 0 Å². The molecule has 4 nitrogen and oxygen atoms in total. The van der Waals surface area contributed by atoms with Crippen molar-refractivity contribution >= 4 is 23.0 Å². The predicted molar refractivity (Wildman–Crippen MR) is 102 cm³/mol. The van der Waals surface area contributed by atoms with E-state index in [0.29, 0.717) is 5.92 Å². The largest absolute Gasteiger partial charge is 0.343 e. The topological polar surface area (TPSA) is 57.8 Å². The minimum absolute atomic E-state index is 0.116. The first kappa shape index (κ1) is 17.0. The number of nitrogens with zero attached hydrogens (tertiary/aromatic N) is 1. The van der Waals surface area contributed by atoms with Crippen molar-refractivity contribution in [1.29, 1.82) is 0 Å². The summed E-state index contributed by atoms with van der Waals surface area (Å²) < 4.78 is 0. The Balaban J connectivity index is 1.76. The second-order valence-electron chi connectivity index (χ2n) is 6.57. The van der Waals surface area contributed by atoms with E-state index in [-0.39, 0.29) is 11.9 Å². The van der Waals surface area contributed by atoms with Gasteiger partial charge in [-0.3, -0.25) is 4.79 Å². The Morgan fingerprint density at radius 2 is 1.84 bits per heavy atom. The Kier molecular flexibility index (Phi) is 5.29. The van der Waals surface area contributed by atoms with Crippen LogP contribution in [0.2, 0.25) is 0 Å².